The first-order chi connectivity index (χ1) is 11.9. The van der Waals surface area contributed by atoms with E-state index in [2.05, 4.69) is 10.3 Å². The lowest BCUT2D eigenvalue weighted by Gasteiger charge is -2.10. The lowest BCUT2D eigenvalue weighted by atomic mass is 10.1. The van der Waals surface area contributed by atoms with Crippen molar-refractivity contribution in [2.45, 2.75) is 6.18 Å². The smallest absolute Gasteiger partial charge is 0.416 e. The molecule has 0 unspecified atom stereocenters. The molecular formula is C18H13F3N2O2. The van der Waals surface area contributed by atoms with E-state index >= 15 is 0 Å². The summed E-state index contributed by atoms with van der Waals surface area (Å²) in [6.45, 7) is 0. The molecule has 0 saturated heterocycles. The number of benzene rings is 2. The number of halogens is 3. The largest absolute Gasteiger partial charge is 0.496 e. The van der Waals surface area contributed by atoms with Gasteiger partial charge in [-0.25, -0.2) is 0 Å². The molecule has 1 N–H and O–H groups in total. The van der Waals surface area contributed by atoms with Gasteiger partial charge in [-0.1, -0.05) is 6.07 Å². The van der Waals surface area contributed by atoms with Crippen LogP contribution in [0.2, 0.25) is 0 Å². The molecule has 0 aliphatic heterocycles. The Hall–Kier alpha value is -3.09. The van der Waals surface area contributed by atoms with E-state index in [1.54, 1.807) is 30.5 Å². The standard InChI is InChI=1S/C18H13F3N2O2/c1-25-16-7-8-22-15-9-11(5-6-14(15)16)17(24)23-13-4-2-3-12(10-13)18(19,20)21/h2-10H,1H3,(H,23,24). The number of hydrogen-bond donors (Lipinski definition) is 1. The minimum Gasteiger partial charge on any atom is -0.496 e. The van der Waals surface area contributed by atoms with Crippen LogP contribution in [-0.4, -0.2) is 18.0 Å². The highest BCUT2D eigenvalue weighted by atomic mass is 19.4. The first kappa shape index (κ1) is 16.8. The average molecular weight is 346 g/mol. The summed E-state index contributed by atoms with van der Waals surface area (Å²) in [6.07, 6.45) is -2.92. The lowest BCUT2D eigenvalue weighted by Crippen LogP contribution is -2.13. The number of alkyl halides is 3. The third-order valence-corrected chi connectivity index (χ3v) is 3.63. The number of carbonyl (C=O) groups is 1. The number of amides is 1. The maximum Gasteiger partial charge on any atom is 0.416 e. The van der Waals surface area contributed by atoms with Crippen molar-refractivity contribution < 1.29 is 22.7 Å². The Morgan fingerprint density at radius 2 is 1.92 bits per heavy atom. The Bertz CT molecular complexity index is 939. The van der Waals surface area contributed by atoms with E-state index in [1.807, 2.05) is 0 Å². The third-order valence-electron chi connectivity index (χ3n) is 3.63. The van der Waals surface area contributed by atoms with Crippen molar-refractivity contribution in [2.75, 3.05) is 12.4 Å². The monoisotopic (exact) mass is 346 g/mol. The number of hydrogen-bond acceptors (Lipinski definition) is 3. The van der Waals surface area contributed by atoms with Gasteiger partial charge in [0, 0.05) is 22.8 Å². The molecule has 2 aromatic carbocycles. The van der Waals surface area contributed by atoms with Gasteiger partial charge in [-0.15, -0.1) is 0 Å². The molecule has 0 fully saturated rings. The number of aromatic nitrogens is 1. The number of ether oxygens (including phenoxy) is 1. The molecule has 0 radical (unpaired) electrons. The molecule has 3 rings (SSSR count). The van der Waals surface area contributed by atoms with E-state index in [1.165, 1.54) is 19.2 Å². The fourth-order valence-electron chi connectivity index (χ4n) is 2.42. The Morgan fingerprint density at radius 3 is 2.64 bits per heavy atom. The predicted molar refractivity (Wildman–Crippen MR) is 87.7 cm³/mol. The quantitative estimate of drug-likeness (QED) is 0.759. The predicted octanol–water partition coefficient (Wildman–Crippen LogP) is 4.51. The van der Waals surface area contributed by atoms with Gasteiger partial charge in [-0.05, 0) is 42.5 Å². The van der Waals surface area contributed by atoms with Crippen LogP contribution in [0, 0.1) is 0 Å². The van der Waals surface area contributed by atoms with Crippen molar-refractivity contribution in [2.24, 2.45) is 0 Å². The Morgan fingerprint density at radius 1 is 1.12 bits per heavy atom. The van der Waals surface area contributed by atoms with Crippen molar-refractivity contribution in [3.63, 3.8) is 0 Å². The van der Waals surface area contributed by atoms with Gasteiger partial charge < -0.3 is 10.1 Å². The molecule has 0 saturated carbocycles. The molecule has 0 aliphatic rings. The van der Waals surface area contributed by atoms with Crippen LogP contribution in [0.4, 0.5) is 18.9 Å². The summed E-state index contributed by atoms with van der Waals surface area (Å²) in [7, 11) is 1.53. The van der Waals surface area contributed by atoms with E-state index in [4.69, 9.17) is 4.74 Å². The first-order valence-corrected chi connectivity index (χ1v) is 7.30. The zero-order chi connectivity index (χ0) is 18.0. The molecule has 1 amide bonds. The summed E-state index contributed by atoms with van der Waals surface area (Å²) in [4.78, 5) is 16.5. The van der Waals surface area contributed by atoms with Gasteiger partial charge in [0.2, 0.25) is 0 Å². The number of carbonyl (C=O) groups excluding carboxylic acids is 1. The number of fused-ring (bicyclic) bond motifs is 1. The van der Waals surface area contributed by atoms with Gasteiger partial charge in [0.15, 0.2) is 0 Å². The maximum atomic E-state index is 12.7. The molecule has 3 aromatic rings. The van der Waals surface area contributed by atoms with Crippen molar-refractivity contribution >= 4 is 22.5 Å². The molecule has 1 heterocycles. The van der Waals surface area contributed by atoms with Gasteiger partial charge >= 0.3 is 6.18 Å². The summed E-state index contributed by atoms with van der Waals surface area (Å²) in [5.74, 6) is 0.0979. The normalized spacial score (nSPS) is 11.4. The van der Waals surface area contributed by atoms with Crippen LogP contribution in [0.3, 0.4) is 0 Å². The van der Waals surface area contributed by atoms with E-state index in [0.717, 1.165) is 17.5 Å². The van der Waals surface area contributed by atoms with Gasteiger partial charge in [-0.2, -0.15) is 13.2 Å². The van der Waals surface area contributed by atoms with Gasteiger partial charge in [0.1, 0.15) is 5.75 Å². The Balaban J connectivity index is 1.88. The molecule has 0 atom stereocenters. The lowest BCUT2D eigenvalue weighted by molar-refractivity contribution is -0.137. The van der Waals surface area contributed by atoms with E-state index < -0.39 is 17.6 Å². The van der Waals surface area contributed by atoms with Gasteiger partial charge in [0.05, 0.1) is 18.2 Å². The van der Waals surface area contributed by atoms with Gasteiger partial charge in [-0.3, -0.25) is 9.78 Å². The van der Waals surface area contributed by atoms with E-state index in [-0.39, 0.29) is 11.3 Å². The van der Waals surface area contributed by atoms with Crippen LogP contribution in [0.5, 0.6) is 5.75 Å². The minimum atomic E-state index is -4.47. The summed E-state index contributed by atoms with van der Waals surface area (Å²) >= 11 is 0. The maximum absolute atomic E-state index is 12.7. The zero-order valence-electron chi connectivity index (χ0n) is 13.1. The molecule has 0 spiro atoms. The minimum absolute atomic E-state index is 0.0681. The van der Waals surface area contributed by atoms with Crippen molar-refractivity contribution in [3.8, 4) is 5.75 Å². The Kier molecular flexibility index (Phi) is 4.31. The SMILES string of the molecule is COc1ccnc2cc(C(=O)Nc3cccc(C(F)(F)F)c3)ccc12. The van der Waals surface area contributed by atoms with Crippen LogP contribution in [-0.2, 0) is 6.18 Å². The van der Waals surface area contributed by atoms with Crippen molar-refractivity contribution in [1.29, 1.82) is 0 Å². The number of pyridine rings is 1. The number of rotatable bonds is 3. The molecule has 1 aromatic heterocycles. The zero-order valence-corrected chi connectivity index (χ0v) is 13.1. The van der Waals surface area contributed by atoms with Crippen LogP contribution in [0.25, 0.3) is 10.9 Å². The van der Waals surface area contributed by atoms with Crippen LogP contribution in [0.15, 0.2) is 54.7 Å². The molecule has 4 nitrogen and oxygen atoms in total. The van der Waals surface area contributed by atoms with E-state index in [0.29, 0.717) is 11.3 Å². The highest BCUT2D eigenvalue weighted by Gasteiger charge is 2.30. The second-order valence-corrected chi connectivity index (χ2v) is 5.28. The summed E-state index contributed by atoms with van der Waals surface area (Å²) in [6, 6.07) is 11.0. The number of anilines is 1. The fourth-order valence-corrected chi connectivity index (χ4v) is 2.42. The van der Waals surface area contributed by atoms with Crippen LogP contribution < -0.4 is 10.1 Å². The first-order valence-electron chi connectivity index (χ1n) is 7.30. The van der Waals surface area contributed by atoms with Crippen LogP contribution >= 0.6 is 0 Å². The molecule has 7 heteroatoms. The second-order valence-electron chi connectivity index (χ2n) is 5.28. The van der Waals surface area contributed by atoms with Crippen molar-refractivity contribution in [1.82, 2.24) is 4.98 Å². The topological polar surface area (TPSA) is 51.2 Å². The van der Waals surface area contributed by atoms with Crippen LogP contribution in [0.1, 0.15) is 15.9 Å². The van der Waals surface area contributed by atoms with E-state index in [9.17, 15) is 18.0 Å². The van der Waals surface area contributed by atoms with Gasteiger partial charge in [0.25, 0.3) is 5.91 Å². The molecule has 0 aliphatic carbocycles. The molecule has 0 bridgehead atoms. The summed E-state index contributed by atoms with van der Waals surface area (Å²) in [5.41, 5.74) is 0.0791. The summed E-state index contributed by atoms with van der Waals surface area (Å²) < 4.78 is 43.4. The fraction of sp³-hybridized carbons (Fsp3) is 0.111. The molecule has 25 heavy (non-hydrogen) atoms. The third kappa shape index (κ3) is 3.55. The number of nitrogens with zero attached hydrogens (tertiary/aromatic N) is 1. The second kappa shape index (κ2) is 6.43. The molecule has 128 valence electrons. The Labute approximate surface area is 141 Å². The molecular weight excluding hydrogens is 333 g/mol. The highest BCUT2D eigenvalue weighted by molar-refractivity contribution is 6.06. The van der Waals surface area contributed by atoms with Crippen molar-refractivity contribution in [3.05, 3.63) is 65.9 Å². The average Bonchev–Trinajstić information content (AvgIpc) is 2.60. The number of methoxy groups -OCH3 is 1. The summed E-state index contributed by atoms with van der Waals surface area (Å²) in [5, 5.41) is 3.20. The number of nitrogens with one attached hydrogen (secondary N) is 1. The highest BCUT2D eigenvalue weighted by Crippen LogP contribution is 2.31.